The highest BCUT2D eigenvalue weighted by Crippen LogP contribution is 2.17. The quantitative estimate of drug-likeness (QED) is 0.341. The molecule has 3 aromatic rings. The molecule has 0 saturated carbocycles. The number of carbonyl (C=O) groups excluding carboxylic acids is 1. The highest BCUT2D eigenvalue weighted by Gasteiger charge is 2.08. The van der Waals surface area contributed by atoms with Crippen LogP contribution in [0.25, 0.3) is 0 Å². The SMILES string of the molecule is CCOCCOc1ccc(C(=O)NC(=S)Nc2ccc(OCc3ccccc3)cc2)cc1. The molecule has 0 aromatic heterocycles. The van der Waals surface area contributed by atoms with Gasteiger partial charge in [0, 0.05) is 17.9 Å². The second-order valence-corrected chi connectivity index (χ2v) is 7.18. The maximum atomic E-state index is 12.4. The van der Waals surface area contributed by atoms with Crippen molar-refractivity contribution in [3.63, 3.8) is 0 Å². The van der Waals surface area contributed by atoms with Crippen molar-refractivity contribution in [1.82, 2.24) is 5.32 Å². The number of anilines is 1. The van der Waals surface area contributed by atoms with Crippen molar-refractivity contribution < 1.29 is 19.0 Å². The summed E-state index contributed by atoms with van der Waals surface area (Å²) >= 11 is 5.26. The average Bonchev–Trinajstić information content (AvgIpc) is 2.82. The molecule has 0 aliphatic carbocycles. The number of nitrogens with one attached hydrogen (secondary N) is 2. The lowest BCUT2D eigenvalue weighted by Crippen LogP contribution is -2.34. The molecule has 3 aromatic carbocycles. The van der Waals surface area contributed by atoms with E-state index in [9.17, 15) is 4.79 Å². The molecule has 0 bridgehead atoms. The lowest BCUT2D eigenvalue weighted by Gasteiger charge is -2.11. The van der Waals surface area contributed by atoms with Gasteiger partial charge in [0.2, 0.25) is 0 Å². The molecule has 0 heterocycles. The second-order valence-electron chi connectivity index (χ2n) is 6.78. The lowest BCUT2D eigenvalue weighted by atomic mass is 10.2. The topological polar surface area (TPSA) is 68.8 Å². The van der Waals surface area contributed by atoms with E-state index in [-0.39, 0.29) is 11.0 Å². The van der Waals surface area contributed by atoms with Gasteiger partial charge in [-0.25, -0.2) is 0 Å². The first-order chi connectivity index (χ1) is 15.6. The fraction of sp³-hybridized carbons (Fsp3) is 0.200. The smallest absolute Gasteiger partial charge is 0.257 e. The molecule has 0 radical (unpaired) electrons. The Morgan fingerprint density at radius 2 is 1.50 bits per heavy atom. The maximum absolute atomic E-state index is 12.4. The van der Waals surface area contributed by atoms with Gasteiger partial charge in [-0.3, -0.25) is 10.1 Å². The Morgan fingerprint density at radius 1 is 0.844 bits per heavy atom. The Labute approximate surface area is 193 Å². The number of thiocarbonyl (C=S) groups is 1. The Hall–Kier alpha value is -3.42. The van der Waals surface area contributed by atoms with Crippen LogP contribution >= 0.6 is 12.2 Å². The van der Waals surface area contributed by atoms with E-state index >= 15 is 0 Å². The van der Waals surface area contributed by atoms with E-state index in [0.717, 1.165) is 17.0 Å². The summed E-state index contributed by atoms with van der Waals surface area (Å²) in [6.07, 6.45) is 0. The van der Waals surface area contributed by atoms with Gasteiger partial charge in [-0.05, 0) is 73.2 Å². The molecule has 0 fully saturated rings. The molecular formula is C25H26N2O4S. The minimum absolute atomic E-state index is 0.213. The molecule has 0 atom stereocenters. The minimum Gasteiger partial charge on any atom is -0.491 e. The van der Waals surface area contributed by atoms with E-state index in [2.05, 4.69) is 10.6 Å². The molecule has 2 N–H and O–H groups in total. The van der Waals surface area contributed by atoms with Crippen LogP contribution in [0.5, 0.6) is 11.5 Å². The van der Waals surface area contributed by atoms with Crippen molar-refractivity contribution in [1.29, 1.82) is 0 Å². The largest absolute Gasteiger partial charge is 0.491 e. The van der Waals surface area contributed by atoms with Crippen LogP contribution in [-0.2, 0) is 11.3 Å². The van der Waals surface area contributed by atoms with Crippen LogP contribution in [0.4, 0.5) is 5.69 Å². The first-order valence-corrected chi connectivity index (χ1v) is 10.7. The average molecular weight is 451 g/mol. The van der Waals surface area contributed by atoms with Gasteiger partial charge in [0.15, 0.2) is 5.11 Å². The number of hydrogen-bond acceptors (Lipinski definition) is 5. The molecule has 0 spiro atoms. The van der Waals surface area contributed by atoms with E-state index in [1.54, 1.807) is 24.3 Å². The van der Waals surface area contributed by atoms with Crippen molar-refractivity contribution in [2.45, 2.75) is 13.5 Å². The van der Waals surface area contributed by atoms with Crippen LogP contribution in [0.1, 0.15) is 22.8 Å². The summed E-state index contributed by atoms with van der Waals surface area (Å²) in [5.74, 6) is 1.13. The molecule has 0 saturated heterocycles. The van der Waals surface area contributed by atoms with E-state index in [1.807, 2.05) is 61.5 Å². The number of hydrogen-bond donors (Lipinski definition) is 2. The molecule has 1 amide bonds. The molecule has 7 heteroatoms. The number of carbonyl (C=O) groups is 1. The highest BCUT2D eigenvalue weighted by atomic mass is 32.1. The van der Waals surface area contributed by atoms with Crippen molar-refractivity contribution in [2.24, 2.45) is 0 Å². The van der Waals surface area contributed by atoms with Gasteiger partial charge < -0.3 is 19.5 Å². The summed E-state index contributed by atoms with van der Waals surface area (Å²) in [5.41, 5.74) is 2.33. The van der Waals surface area contributed by atoms with Crippen LogP contribution in [-0.4, -0.2) is 30.8 Å². The van der Waals surface area contributed by atoms with E-state index in [0.29, 0.717) is 37.7 Å². The highest BCUT2D eigenvalue weighted by molar-refractivity contribution is 7.80. The first kappa shape index (κ1) is 23.2. The van der Waals surface area contributed by atoms with Gasteiger partial charge in [0.1, 0.15) is 24.7 Å². The number of rotatable bonds is 10. The number of ether oxygens (including phenoxy) is 3. The summed E-state index contributed by atoms with van der Waals surface area (Å²) < 4.78 is 16.6. The molecule has 6 nitrogen and oxygen atoms in total. The number of amides is 1. The monoisotopic (exact) mass is 450 g/mol. The normalized spacial score (nSPS) is 10.3. The van der Waals surface area contributed by atoms with Crippen LogP contribution in [0.2, 0.25) is 0 Å². The van der Waals surface area contributed by atoms with Crippen molar-refractivity contribution in [3.8, 4) is 11.5 Å². The van der Waals surface area contributed by atoms with Gasteiger partial charge in [-0.2, -0.15) is 0 Å². The second kappa shape index (κ2) is 12.4. The van der Waals surface area contributed by atoms with E-state index < -0.39 is 0 Å². The fourth-order valence-electron chi connectivity index (χ4n) is 2.78. The molecular weight excluding hydrogens is 424 g/mol. The molecule has 3 rings (SSSR count). The Bertz CT molecular complexity index is 993. The summed E-state index contributed by atoms with van der Waals surface area (Å²) in [5, 5.41) is 5.89. The fourth-order valence-corrected chi connectivity index (χ4v) is 2.99. The number of benzene rings is 3. The Morgan fingerprint density at radius 3 is 2.19 bits per heavy atom. The van der Waals surface area contributed by atoms with Crippen LogP contribution < -0.4 is 20.1 Å². The predicted molar refractivity (Wildman–Crippen MR) is 129 cm³/mol. The third-order valence-electron chi connectivity index (χ3n) is 4.40. The van der Waals surface area contributed by atoms with Gasteiger partial charge in [-0.15, -0.1) is 0 Å². The van der Waals surface area contributed by atoms with Crippen LogP contribution in [0.3, 0.4) is 0 Å². The van der Waals surface area contributed by atoms with E-state index in [1.165, 1.54) is 0 Å². The van der Waals surface area contributed by atoms with Crippen molar-refractivity contribution >= 4 is 28.9 Å². The summed E-state index contributed by atoms with van der Waals surface area (Å²) in [7, 11) is 0. The maximum Gasteiger partial charge on any atom is 0.257 e. The standard InChI is InChI=1S/C25H26N2O4S/c1-2-29-16-17-30-22-12-8-20(9-13-22)24(28)27-25(32)26-21-10-14-23(15-11-21)31-18-19-6-4-3-5-7-19/h3-15H,2,16-18H2,1H3,(H2,26,27,28,32). The zero-order chi connectivity index (χ0) is 22.6. The van der Waals surface area contributed by atoms with Crippen molar-refractivity contribution in [2.75, 3.05) is 25.1 Å². The van der Waals surface area contributed by atoms with Crippen LogP contribution in [0.15, 0.2) is 78.9 Å². The summed E-state index contributed by atoms with van der Waals surface area (Å²) in [6.45, 7) is 4.08. The first-order valence-electron chi connectivity index (χ1n) is 10.3. The third kappa shape index (κ3) is 7.68. The van der Waals surface area contributed by atoms with Gasteiger partial charge in [-0.1, -0.05) is 30.3 Å². The molecule has 0 unspecified atom stereocenters. The van der Waals surface area contributed by atoms with Crippen molar-refractivity contribution in [3.05, 3.63) is 90.0 Å². The molecule has 32 heavy (non-hydrogen) atoms. The Balaban J connectivity index is 1.43. The molecule has 0 aliphatic rings. The third-order valence-corrected chi connectivity index (χ3v) is 4.61. The minimum atomic E-state index is -0.300. The van der Waals surface area contributed by atoms with E-state index in [4.69, 9.17) is 26.4 Å². The molecule has 0 aliphatic heterocycles. The Kier molecular flexibility index (Phi) is 9.04. The van der Waals surface area contributed by atoms with Gasteiger partial charge in [0.05, 0.1) is 6.61 Å². The predicted octanol–water partition coefficient (Wildman–Crippen LogP) is 4.81. The molecule has 166 valence electrons. The summed E-state index contributed by atoms with van der Waals surface area (Å²) in [6, 6.07) is 24.2. The van der Waals surface area contributed by atoms with Gasteiger partial charge in [0.25, 0.3) is 5.91 Å². The zero-order valence-corrected chi connectivity index (χ0v) is 18.7. The van der Waals surface area contributed by atoms with Gasteiger partial charge >= 0.3 is 0 Å². The summed E-state index contributed by atoms with van der Waals surface area (Å²) in [4.78, 5) is 12.4. The van der Waals surface area contributed by atoms with Crippen LogP contribution in [0, 0.1) is 0 Å². The zero-order valence-electron chi connectivity index (χ0n) is 17.9. The lowest BCUT2D eigenvalue weighted by molar-refractivity contribution is 0.0977.